The first-order valence-corrected chi connectivity index (χ1v) is 10.2. The van der Waals surface area contributed by atoms with Crippen LogP contribution in [0.2, 0.25) is 0 Å². The lowest BCUT2D eigenvalue weighted by molar-refractivity contribution is 0.587. The molecule has 1 aliphatic heterocycles. The van der Waals surface area contributed by atoms with E-state index in [1.807, 2.05) is 24.3 Å². The van der Waals surface area contributed by atoms with Crippen molar-refractivity contribution in [2.75, 3.05) is 0 Å². The lowest BCUT2D eigenvalue weighted by Crippen LogP contribution is -2.01. The molecule has 0 atom stereocenters. The zero-order chi connectivity index (χ0) is 20.5. The number of aromatic nitrogens is 2. The zero-order valence-corrected chi connectivity index (χ0v) is 16.4. The molecule has 2 aromatic heterocycles. The normalized spacial score (nSPS) is 13.1. The van der Waals surface area contributed by atoms with Gasteiger partial charge in [-0.1, -0.05) is 36.4 Å². The molecular weight excluding hydrogens is 378 g/mol. The number of nitrogens with zero attached hydrogens (tertiary/aromatic N) is 2. The third-order valence-corrected chi connectivity index (χ3v) is 5.55. The molecule has 148 valence electrons. The van der Waals surface area contributed by atoms with Crippen molar-refractivity contribution in [3.8, 4) is 22.5 Å². The van der Waals surface area contributed by atoms with E-state index in [4.69, 9.17) is 0 Å². The van der Waals surface area contributed by atoms with Crippen molar-refractivity contribution in [1.82, 2.24) is 9.97 Å². The van der Waals surface area contributed by atoms with Crippen LogP contribution in [-0.4, -0.2) is 9.97 Å². The number of halogens is 2. The Labute approximate surface area is 174 Å². The lowest BCUT2D eigenvalue weighted by atomic mass is 9.99. The van der Waals surface area contributed by atoms with Gasteiger partial charge in [0.25, 0.3) is 0 Å². The van der Waals surface area contributed by atoms with Gasteiger partial charge in [0.05, 0.1) is 11.4 Å². The monoisotopic (exact) mass is 398 g/mol. The van der Waals surface area contributed by atoms with Crippen molar-refractivity contribution in [1.29, 1.82) is 0 Å². The number of hydrogen-bond acceptors (Lipinski definition) is 2. The standard InChI is InChI=1S/C26H20F2N2/c27-23-16-24(28)22-15-21(23)25-8-2-6-19(29-25)12-10-17-4-1-5-18(14-17)11-13-20-7-3-9-26(22)30-20/h1-9,14-16H,10-13H2. The van der Waals surface area contributed by atoms with E-state index in [1.54, 1.807) is 12.1 Å². The minimum atomic E-state index is -0.620. The molecule has 8 bridgehead atoms. The van der Waals surface area contributed by atoms with Gasteiger partial charge in [0.1, 0.15) is 11.6 Å². The summed E-state index contributed by atoms with van der Waals surface area (Å²) >= 11 is 0. The summed E-state index contributed by atoms with van der Waals surface area (Å²) < 4.78 is 29.3. The molecule has 30 heavy (non-hydrogen) atoms. The van der Waals surface area contributed by atoms with E-state index in [0.717, 1.165) is 43.1 Å². The van der Waals surface area contributed by atoms with Crippen LogP contribution in [0.15, 0.2) is 72.8 Å². The number of aryl methyl sites for hydroxylation is 4. The molecule has 5 rings (SSSR count). The highest BCUT2D eigenvalue weighted by Crippen LogP contribution is 2.30. The first kappa shape index (κ1) is 18.6. The average Bonchev–Trinajstić information content (AvgIpc) is 2.77. The van der Waals surface area contributed by atoms with Crippen molar-refractivity contribution in [3.05, 3.63) is 107 Å². The average molecular weight is 398 g/mol. The maximum absolute atomic E-state index is 14.7. The van der Waals surface area contributed by atoms with Gasteiger partial charge in [-0.3, -0.25) is 9.97 Å². The van der Waals surface area contributed by atoms with Crippen molar-refractivity contribution in [2.24, 2.45) is 0 Å². The Kier molecular flexibility index (Phi) is 4.83. The van der Waals surface area contributed by atoms with Gasteiger partial charge in [-0.25, -0.2) is 8.78 Å². The Morgan fingerprint density at radius 1 is 0.533 bits per heavy atom. The number of hydrogen-bond donors (Lipinski definition) is 0. The molecule has 0 spiro atoms. The van der Waals surface area contributed by atoms with Gasteiger partial charge in [0.2, 0.25) is 0 Å². The fourth-order valence-electron chi connectivity index (χ4n) is 3.96. The van der Waals surface area contributed by atoms with Crippen LogP contribution >= 0.6 is 0 Å². The molecule has 0 saturated heterocycles. The van der Waals surface area contributed by atoms with E-state index >= 15 is 0 Å². The maximum Gasteiger partial charge on any atom is 0.135 e. The number of fused-ring (bicyclic) bond motifs is 10. The molecule has 0 unspecified atom stereocenters. The van der Waals surface area contributed by atoms with Crippen LogP contribution in [0.4, 0.5) is 8.78 Å². The van der Waals surface area contributed by atoms with E-state index in [0.29, 0.717) is 11.4 Å². The van der Waals surface area contributed by atoms with E-state index in [1.165, 1.54) is 17.2 Å². The predicted molar refractivity (Wildman–Crippen MR) is 114 cm³/mol. The highest BCUT2D eigenvalue weighted by atomic mass is 19.1. The van der Waals surface area contributed by atoms with E-state index < -0.39 is 11.6 Å². The summed E-state index contributed by atoms with van der Waals surface area (Å²) in [5.41, 5.74) is 5.86. The molecule has 1 aliphatic rings. The summed E-state index contributed by atoms with van der Waals surface area (Å²) in [5.74, 6) is -1.24. The van der Waals surface area contributed by atoms with Gasteiger partial charge in [-0.2, -0.15) is 0 Å². The Morgan fingerprint density at radius 2 is 1.03 bits per heavy atom. The van der Waals surface area contributed by atoms with Crippen LogP contribution in [0.1, 0.15) is 22.5 Å². The second-order valence-electron chi connectivity index (χ2n) is 7.66. The molecule has 2 nitrogen and oxygen atoms in total. The van der Waals surface area contributed by atoms with Gasteiger partial charge in [0.15, 0.2) is 0 Å². The highest BCUT2D eigenvalue weighted by molar-refractivity contribution is 5.70. The third kappa shape index (κ3) is 3.73. The first-order chi connectivity index (χ1) is 14.7. The quantitative estimate of drug-likeness (QED) is 0.365. The van der Waals surface area contributed by atoms with Crippen molar-refractivity contribution >= 4 is 0 Å². The van der Waals surface area contributed by atoms with Crippen LogP contribution < -0.4 is 0 Å². The summed E-state index contributed by atoms with van der Waals surface area (Å²) in [6.07, 6.45) is 3.23. The van der Waals surface area contributed by atoms with Crippen LogP contribution in [0.25, 0.3) is 22.5 Å². The smallest absolute Gasteiger partial charge is 0.135 e. The first-order valence-electron chi connectivity index (χ1n) is 10.2. The van der Waals surface area contributed by atoms with E-state index in [9.17, 15) is 8.78 Å². The maximum atomic E-state index is 14.7. The Balaban J connectivity index is 1.68. The van der Waals surface area contributed by atoms with Gasteiger partial charge < -0.3 is 0 Å². The number of pyridine rings is 2. The van der Waals surface area contributed by atoms with Gasteiger partial charge in [-0.15, -0.1) is 0 Å². The van der Waals surface area contributed by atoms with Crippen LogP contribution in [0, 0.1) is 11.6 Å². The fourth-order valence-corrected chi connectivity index (χ4v) is 3.96. The lowest BCUT2D eigenvalue weighted by Gasteiger charge is -2.12. The number of rotatable bonds is 0. The largest absolute Gasteiger partial charge is 0.253 e. The van der Waals surface area contributed by atoms with Crippen molar-refractivity contribution in [2.45, 2.75) is 25.7 Å². The number of benzene rings is 2. The minimum absolute atomic E-state index is 0.287. The van der Waals surface area contributed by atoms with Gasteiger partial charge in [-0.05, 0) is 67.1 Å². The third-order valence-electron chi connectivity index (χ3n) is 5.55. The summed E-state index contributed by atoms with van der Waals surface area (Å²) in [7, 11) is 0. The molecule has 0 radical (unpaired) electrons. The molecule has 0 fully saturated rings. The molecule has 3 heterocycles. The molecular formula is C26H20F2N2. The van der Waals surface area contributed by atoms with Crippen molar-refractivity contribution in [3.63, 3.8) is 0 Å². The Hall–Kier alpha value is -3.40. The van der Waals surface area contributed by atoms with Gasteiger partial charge in [0, 0.05) is 28.6 Å². The zero-order valence-electron chi connectivity index (χ0n) is 16.4. The predicted octanol–water partition coefficient (Wildman–Crippen LogP) is 5.97. The van der Waals surface area contributed by atoms with Crippen LogP contribution in [0.5, 0.6) is 0 Å². The molecule has 2 aromatic carbocycles. The summed E-state index contributed by atoms with van der Waals surface area (Å²) in [6.45, 7) is 0. The van der Waals surface area contributed by atoms with Crippen molar-refractivity contribution < 1.29 is 8.78 Å². The summed E-state index contributed by atoms with van der Waals surface area (Å²) in [5, 5.41) is 0. The Bertz CT molecular complexity index is 1150. The molecule has 0 N–H and O–H groups in total. The molecule has 0 amide bonds. The summed E-state index contributed by atoms with van der Waals surface area (Å²) in [6, 6.07) is 22.2. The van der Waals surface area contributed by atoms with E-state index in [-0.39, 0.29) is 11.1 Å². The molecule has 4 aromatic rings. The van der Waals surface area contributed by atoms with Crippen LogP contribution in [0.3, 0.4) is 0 Å². The second-order valence-corrected chi connectivity index (χ2v) is 7.66. The van der Waals surface area contributed by atoms with E-state index in [2.05, 4.69) is 34.2 Å². The summed E-state index contributed by atoms with van der Waals surface area (Å²) in [4.78, 5) is 9.31. The van der Waals surface area contributed by atoms with Crippen LogP contribution in [-0.2, 0) is 25.7 Å². The fraction of sp³-hybridized carbons (Fsp3) is 0.154. The highest BCUT2D eigenvalue weighted by Gasteiger charge is 2.16. The molecule has 0 saturated carbocycles. The minimum Gasteiger partial charge on any atom is -0.253 e. The SMILES string of the molecule is Fc1cc(F)c2cc1-c1cccc(n1)CCc1cccc(c1)CCc1cccc-2n1. The topological polar surface area (TPSA) is 25.8 Å². The molecule has 4 heteroatoms. The Morgan fingerprint density at radius 3 is 1.57 bits per heavy atom. The van der Waals surface area contributed by atoms with Gasteiger partial charge >= 0.3 is 0 Å². The molecule has 0 aliphatic carbocycles. The second kappa shape index (κ2) is 7.79.